The third-order valence-corrected chi connectivity index (χ3v) is 2.47. The second-order valence-corrected chi connectivity index (χ2v) is 3.87. The fraction of sp³-hybridized carbons (Fsp3) is 0.417. The van der Waals surface area contributed by atoms with Crippen LogP contribution in [-0.2, 0) is 11.2 Å². The Morgan fingerprint density at radius 3 is 3.00 bits per heavy atom. The number of aromatic nitrogens is 1. The van der Waals surface area contributed by atoms with E-state index < -0.39 is 6.03 Å². The Hall–Kier alpha value is -2.15. The van der Waals surface area contributed by atoms with Gasteiger partial charge >= 0.3 is 6.03 Å². The molecule has 0 aliphatic carbocycles. The van der Waals surface area contributed by atoms with Gasteiger partial charge in [-0.3, -0.25) is 15.3 Å². The Morgan fingerprint density at radius 1 is 1.63 bits per heavy atom. The van der Waals surface area contributed by atoms with E-state index in [1.165, 1.54) is 4.90 Å². The fourth-order valence-corrected chi connectivity index (χ4v) is 1.47. The van der Waals surface area contributed by atoms with E-state index in [0.29, 0.717) is 26.1 Å². The summed E-state index contributed by atoms with van der Waals surface area (Å²) in [7, 11) is 1.55. The summed E-state index contributed by atoms with van der Waals surface area (Å²) in [6, 6.07) is 3.34. The lowest BCUT2D eigenvalue weighted by atomic mass is 10.2. The topological polar surface area (TPSA) is 104 Å². The van der Waals surface area contributed by atoms with Gasteiger partial charge in [-0.15, -0.1) is 0 Å². The monoisotopic (exact) mass is 265 g/mol. The number of nitrogens with one attached hydrogen (secondary N) is 2. The van der Waals surface area contributed by atoms with E-state index in [2.05, 4.69) is 10.3 Å². The van der Waals surface area contributed by atoms with Crippen LogP contribution in [0.1, 0.15) is 5.56 Å². The van der Waals surface area contributed by atoms with Crippen molar-refractivity contribution < 1.29 is 9.53 Å². The summed E-state index contributed by atoms with van der Waals surface area (Å²) < 4.78 is 4.84. The van der Waals surface area contributed by atoms with E-state index in [4.69, 9.17) is 15.9 Å². The molecule has 1 rings (SSSR count). The molecule has 7 nitrogen and oxygen atoms in total. The van der Waals surface area contributed by atoms with Crippen molar-refractivity contribution in [2.24, 2.45) is 5.73 Å². The van der Waals surface area contributed by atoms with Crippen LogP contribution in [0.15, 0.2) is 24.5 Å². The number of carbonyl (C=O) groups is 1. The van der Waals surface area contributed by atoms with Crippen LogP contribution in [0.4, 0.5) is 4.79 Å². The minimum Gasteiger partial charge on any atom is -0.383 e. The maximum atomic E-state index is 11.8. The van der Waals surface area contributed by atoms with Crippen LogP contribution in [0.2, 0.25) is 0 Å². The minimum absolute atomic E-state index is 0.279. The van der Waals surface area contributed by atoms with Crippen LogP contribution in [0, 0.1) is 5.41 Å². The number of carbonyl (C=O) groups excluding carboxylic acids is 1. The average molecular weight is 265 g/mol. The third kappa shape index (κ3) is 5.35. The number of nitrogens with zero attached hydrogens (tertiary/aromatic N) is 2. The highest BCUT2D eigenvalue weighted by atomic mass is 16.5. The molecule has 1 aromatic heterocycles. The van der Waals surface area contributed by atoms with Crippen LogP contribution >= 0.6 is 0 Å². The van der Waals surface area contributed by atoms with Crippen molar-refractivity contribution in [3.63, 3.8) is 0 Å². The largest absolute Gasteiger partial charge is 0.383 e. The molecule has 0 bridgehead atoms. The molecule has 0 spiro atoms. The molecule has 0 saturated heterocycles. The molecule has 0 radical (unpaired) electrons. The molecule has 0 fully saturated rings. The maximum Gasteiger partial charge on any atom is 0.324 e. The van der Waals surface area contributed by atoms with E-state index in [-0.39, 0.29) is 5.96 Å². The van der Waals surface area contributed by atoms with Crippen LogP contribution in [0.25, 0.3) is 0 Å². The number of nitrogens with two attached hydrogens (primary N) is 1. The average Bonchev–Trinajstić information content (AvgIpc) is 2.40. The number of pyridine rings is 1. The lowest BCUT2D eigenvalue weighted by molar-refractivity contribution is 0.190. The highest BCUT2D eigenvalue weighted by molar-refractivity contribution is 5.93. The van der Waals surface area contributed by atoms with Gasteiger partial charge < -0.3 is 15.8 Å². The van der Waals surface area contributed by atoms with E-state index in [0.717, 1.165) is 5.56 Å². The Kier molecular flexibility index (Phi) is 6.31. The molecule has 19 heavy (non-hydrogen) atoms. The first-order chi connectivity index (χ1) is 9.15. The van der Waals surface area contributed by atoms with Crippen molar-refractivity contribution in [1.82, 2.24) is 15.2 Å². The minimum atomic E-state index is -0.395. The van der Waals surface area contributed by atoms with E-state index in [9.17, 15) is 4.79 Å². The predicted octanol–water partition coefficient (Wildman–Crippen LogP) is 0.176. The first kappa shape index (κ1) is 14.9. The molecule has 104 valence electrons. The van der Waals surface area contributed by atoms with Gasteiger partial charge in [0.1, 0.15) is 0 Å². The Labute approximate surface area is 112 Å². The first-order valence-electron chi connectivity index (χ1n) is 5.92. The van der Waals surface area contributed by atoms with Gasteiger partial charge in [-0.2, -0.15) is 0 Å². The third-order valence-electron chi connectivity index (χ3n) is 2.47. The van der Waals surface area contributed by atoms with Gasteiger partial charge in [0.05, 0.1) is 6.61 Å². The second kappa shape index (κ2) is 8.04. The second-order valence-electron chi connectivity index (χ2n) is 3.87. The fourth-order valence-electron chi connectivity index (χ4n) is 1.47. The molecule has 0 aromatic carbocycles. The van der Waals surface area contributed by atoms with Crippen molar-refractivity contribution in [1.29, 1.82) is 5.41 Å². The maximum absolute atomic E-state index is 11.8. The summed E-state index contributed by atoms with van der Waals surface area (Å²) in [6.45, 7) is 1.13. The van der Waals surface area contributed by atoms with Gasteiger partial charge in [0.25, 0.3) is 0 Å². The van der Waals surface area contributed by atoms with E-state index >= 15 is 0 Å². The lowest BCUT2D eigenvalue weighted by Crippen LogP contribution is -2.48. The van der Waals surface area contributed by atoms with Gasteiger partial charge in [-0.1, -0.05) is 6.07 Å². The molecule has 0 unspecified atom stereocenters. The summed E-state index contributed by atoms with van der Waals surface area (Å²) in [5, 5.41) is 10.1. The normalized spacial score (nSPS) is 9.95. The molecule has 2 amide bonds. The van der Waals surface area contributed by atoms with Crippen LogP contribution in [0.5, 0.6) is 0 Å². The summed E-state index contributed by atoms with van der Waals surface area (Å²) in [5.74, 6) is -0.279. The molecule has 1 heterocycles. The number of ether oxygens (including phenoxy) is 1. The molecule has 4 N–H and O–H groups in total. The highest BCUT2D eigenvalue weighted by Gasteiger charge is 2.15. The SMILES string of the molecule is COCCNC(=O)N(CCc1cccnc1)C(=N)N. The smallest absolute Gasteiger partial charge is 0.324 e. The van der Waals surface area contributed by atoms with Crippen molar-refractivity contribution in [3.8, 4) is 0 Å². The van der Waals surface area contributed by atoms with Crippen LogP contribution < -0.4 is 11.1 Å². The standard InChI is InChI=1S/C12H19N5O2/c1-19-8-6-16-12(18)17(11(13)14)7-4-10-3-2-5-15-9-10/h2-3,5,9H,4,6-8H2,1H3,(H3,13,14)(H,16,18). The summed E-state index contributed by atoms with van der Waals surface area (Å²) in [6.07, 6.45) is 4.00. The highest BCUT2D eigenvalue weighted by Crippen LogP contribution is 1.99. The molecule has 0 aliphatic heterocycles. The number of hydrogen-bond acceptors (Lipinski definition) is 4. The Morgan fingerprint density at radius 2 is 2.42 bits per heavy atom. The molecular weight excluding hydrogens is 246 g/mol. The molecule has 0 saturated carbocycles. The number of amides is 2. The molecule has 1 aromatic rings. The van der Waals surface area contributed by atoms with Crippen LogP contribution in [0.3, 0.4) is 0 Å². The predicted molar refractivity (Wildman–Crippen MR) is 71.8 cm³/mol. The summed E-state index contributed by atoms with van der Waals surface area (Å²) in [4.78, 5) is 17.0. The quantitative estimate of drug-likeness (QED) is 0.387. The number of methoxy groups -OCH3 is 1. The van der Waals surface area contributed by atoms with Crippen molar-refractivity contribution in [3.05, 3.63) is 30.1 Å². The zero-order valence-corrected chi connectivity index (χ0v) is 10.9. The number of rotatable bonds is 6. The van der Waals surface area contributed by atoms with Crippen molar-refractivity contribution >= 4 is 12.0 Å². The number of urea groups is 1. The van der Waals surface area contributed by atoms with Crippen molar-refractivity contribution in [2.75, 3.05) is 26.8 Å². The van der Waals surface area contributed by atoms with Gasteiger partial charge in [0.2, 0.25) is 0 Å². The van der Waals surface area contributed by atoms with Gasteiger partial charge in [-0.25, -0.2) is 4.79 Å². The number of guanidine groups is 1. The molecule has 0 atom stereocenters. The lowest BCUT2D eigenvalue weighted by Gasteiger charge is -2.20. The van der Waals surface area contributed by atoms with E-state index in [1.807, 2.05) is 12.1 Å². The van der Waals surface area contributed by atoms with Gasteiger partial charge in [0, 0.05) is 32.6 Å². The first-order valence-corrected chi connectivity index (χ1v) is 5.92. The Balaban J connectivity index is 2.48. The van der Waals surface area contributed by atoms with Gasteiger partial charge in [0.15, 0.2) is 5.96 Å². The van der Waals surface area contributed by atoms with Gasteiger partial charge in [-0.05, 0) is 18.1 Å². The summed E-state index contributed by atoms with van der Waals surface area (Å²) in [5.41, 5.74) is 6.39. The molecule has 7 heteroatoms. The molecule has 0 aliphatic rings. The number of hydrogen-bond donors (Lipinski definition) is 3. The Bertz CT molecular complexity index is 410. The zero-order valence-electron chi connectivity index (χ0n) is 10.9. The van der Waals surface area contributed by atoms with E-state index in [1.54, 1.807) is 19.5 Å². The summed E-state index contributed by atoms with van der Waals surface area (Å²) >= 11 is 0. The zero-order chi connectivity index (χ0) is 14.1. The molecular formula is C12H19N5O2. The van der Waals surface area contributed by atoms with Crippen LogP contribution in [-0.4, -0.2) is 48.7 Å². The van der Waals surface area contributed by atoms with Crippen molar-refractivity contribution in [2.45, 2.75) is 6.42 Å².